The van der Waals surface area contributed by atoms with Crippen molar-refractivity contribution in [2.24, 2.45) is 5.92 Å². The average molecular weight is 380 g/mol. The van der Waals surface area contributed by atoms with E-state index in [9.17, 15) is 15.0 Å². The van der Waals surface area contributed by atoms with Crippen LogP contribution in [0.1, 0.15) is 43.7 Å². The molecule has 5 nitrogen and oxygen atoms in total. The summed E-state index contributed by atoms with van der Waals surface area (Å²) < 4.78 is 11.9. The predicted molar refractivity (Wildman–Crippen MR) is 103 cm³/mol. The summed E-state index contributed by atoms with van der Waals surface area (Å²) >= 11 is 0. The Morgan fingerprint density at radius 2 is 2.21 bits per heavy atom. The molecule has 1 fully saturated rings. The molecule has 1 heterocycles. The summed E-state index contributed by atoms with van der Waals surface area (Å²) in [6, 6.07) is 3.61. The van der Waals surface area contributed by atoms with Crippen molar-refractivity contribution in [3.63, 3.8) is 0 Å². The van der Waals surface area contributed by atoms with Gasteiger partial charge in [0.05, 0.1) is 11.0 Å². The average Bonchev–Trinajstić information content (AvgIpc) is 3.01. The fourth-order valence-electron chi connectivity index (χ4n) is 5.93. The highest BCUT2D eigenvalue weighted by Gasteiger charge is 2.70. The fourth-order valence-corrected chi connectivity index (χ4v) is 5.93. The van der Waals surface area contributed by atoms with Crippen LogP contribution in [-0.2, 0) is 21.4 Å². The van der Waals surface area contributed by atoms with E-state index in [1.54, 1.807) is 24.3 Å². The molecule has 0 unspecified atom stereocenters. The second-order valence-corrected chi connectivity index (χ2v) is 8.25. The molecule has 1 aromatic rings. The Balaban J connectivity index is 1.61. The van der Waals surface area contributed by atoms with Crippen molar-refractivity contribution in [1.29, 1.82) is 0 Å². The van der Waals surface area contributed by atoms with Gasteiger partial charge in [0.1, 0.15) is 5.76 Å². The third-order valence-electron chi connectivity index (χ3n) is 7.02. The molecule has 5 rings (SSSR count). The van der Waals surface area contributed by atoms with Crippen molar-refractivity contribution in [3.8, 4) is 11.5 Å². The lowest BCUT2D eigenvalue weighted by molar-refractivity contribution is -0.157. The summed E-state index contributed by atoms with van der Waals surface area (Å²) in [5.41, 5.74) is 0.431. The maximum Gasteiger partial charge on any atom is 0.335 e. The number of allylic oxidation sites excluding steroid dienone is 3. The zero-order valence-electron chi connectivity index (χ0n) is 15.9. The van der Waals surface area contributed by atoms with Crippen molar-refractivity contribution in [2.75, 3.05) is 0 Å². The topological polar surface area (TPSA) is 76.0 Å². The molecule has 0 saturated heterocycles. The maximum atomic E-state index is 12.3. The van der Waals surface area contributed by atoms with Crippen LogP contribution in [0.2, 0.25) is 0 Å². The molecule has 1 aromatic carbocycles. The van der Waals surface area contributed by atoms with Crippen LogP contribution in [-0.4, -0.2) is 27.9 Å². The van der Waals surface area contributed by atoms with Gasteiger partial charge in [-0.25, -0.2) is 4.79 Å². The maximum absolute atomic E-state index is 12.3. The third kappa shape index (κ3) is 2.08. The Hall–Kier alpha value is -2.53. The molecule has 2 N–H and O–H groups in total. The quantitative estimate of drug-likeness (QED) is 0.477. The Kier molecular flexibility index (Phi) is 3.75. The molecular formula is C23H24O5. The summed E-state index contributed by atoms with van der Waals surface area (Å²) in [5, 5.41) is 22.3. The first-order chi connectivity index (χ1) is 13.5. The molecule has 1 saturated carbocycles. The minimum absolute atomic E-state index is 0.0764. The van der Waals surface area contributed by atoms with E-state index in [1.165, 1.54) is 6.08 Å². The number of aliphatic hydroxyl groups is 1. The molecular weight excluding hydrogens is 356 g/mol. The molecule has 1 aliphatic heterocycles. The van der Waals surface area contributed by atoms with E-state index in [-0.39, 0.29) is 11.7 Å². The van der Waals surface area contributed by atoms with Gasteiger partial charge in [0, 0.05) is 11.6 Å². The lowest BCUT2D eigenvalue weighted by atomic mass is 9.47. The molecule has 4 atom stereocenters. The minimum atomic E-state index is -0.946. The SMILES string of the molecule is C/C=C/C=C/C(=O)OC1=CC[C@@]2(O)[C@@H]3CCC[C@@]24c2c(ccc(O)c2O[C@@H]14)C3. The van der Waals surface area contributed by atoms with Gasteiger partial charge in [0.15, 0.2) is 17.6 Å². The van der Waals surface area contributed by atoms with Crippen LogP contribution < -0.4 is 4.74 Å². The number of hydrogen-bond donors (Lipinski definition) is 2. The highest BCUT2D eigenvalue weighted by molar-refractivity contribution is 5.83. The van der Waals surface area contributed by atoms with Gasteiger partial charge < -0.3 is 19.7 Å². The first-order valence-electron chi connectivity index (χ1n) is 9.97. The van der Waals surface area contributed by atoms with Crippen molar-refractivity contribution in [2.45, 2.75) is 56.1 Å². The van der Waals surface area contributed by atoms with Gasteiger partial charge in [-0.15, -0.1) is 0 Å². The molecule has 5 heteroatoms. The Morgan fingerprint density at radius 1 is 1.36 bits per heavy atom. The normalized spacial score (nSPS) is 34.9. The number of ether oxygens (including phenoxy) is 2. The van der Waals surface area contributed by atoms with E-state index < -0.39 is 23.1 Å². The highest BCUT2D eigenvalue weighted by atomic mass is 16.6. The lowest BCUT2D eigenvalue weighted by Gasteiger charge is -2.59. The first-order valence-corrected chi connectivity index (χ1v) is 9.97. The van der Waals surface area contributed by atoms with Crippen LogP contribution in [0, 0.1) is 5.92 Å². The smallest absolute Gasteiger partial charge is 0.335 e. The number of phenols is 1. The molecule has 1 spiro atoms. The van der Waals surface area contributed by atoms with E-state index in [0.29, 0.717) is 17.9 Å². The lowest BCUT2D eigenvalue weighted by Crippen LogP contribution is -2.67. The van der Waals surface area contributed by atoms with E-state index in [1.807, 2.05) is 19.1 Å². The van der Waals surface area contributed by atoms with Gasteiger partial charge in [-0.1, -0.05) is 30.7 Å². The molecule has 0 aromatic heterocycles. The molecule has 28 heavy (non-hydrogen) atoms. The van der Waals surface area contributed by atoms with Crippen molar-refractivity contribution >= 4 is 5.97 Å². The van der Waals surface area contributed by atoms with Gasteiger partial charge in [0.25, 0.3) is 0 Å². The number of hydrogen-bond acceptors (Lipinski definition) is 5. The van der Waals surface area contributed by atoms with Crippen molar-refractivity contribution < 1.29 is 24.5 Å². The first kappa shape index (κ1) is 17.6. The van der Waals surface area contributed by atoms with Gasteiger partial charge in [0.2, 0.25) is 0 Å². The van der Waals surface area contributed by atoms with E-state index in [0.717, 1.165) is 36.8 Å². The number of rotatable bonds is 3. The number of carbonyl (C=O) groups excluding carboxylic acids is 1. The van der Waals surface area contributed by atoms with E-state index >= 15 is 0 Å². The molecule has 0 radical (unpaired) electrons. The number of phenolic OH excluding ortho intramolecular Hbond substituents is 1. The molecule has 0 amide bonds. The van der Waals surface area contributed by atoms with Crippen molar-refractivity contribution in [1.82, 2.24) is 0 Å². The number of esters is 1. The van der Waals surface area contributed by atoms with Gasteiger partial charge in [-0.3, -0.25) is 0 Å². The van der Waals surface area contributed by atoms with E-state index in [2.05, 4.69) is 0 Å². The third-order valence-corrected chi connectivity index (χ3v) is 7.02. The second kappa shape index (κ2) is 5.98. The highest BCUT2D eigenvalue weighted by Crippen LogP contribution is 2.67. The van der Waals surface area contributed by atoms with E-state index in [4.69, 9.17) is 9.47 Å². The Bertz CT molecular complexity index is 943. The van der Waals surface area contributed by atoms with Crippen LogP contribution in [0.25, 0.3) is 0 Å². The zero-order chi connectivity index (χ0) is 19.5. The second-order valence-electron chi connectivity index (χ2n) is 8.25. The van der Waals surface area contributed by atoms with Crippen LogP contribution in [0.3, 0.4) is 0 Å². The Morgan fingerprint density at radius 3 is 3.04 bits per heavy atom. The largest absolute Gasteiger partial charge is 0.504 e. The van der Waals surface area contributed by atoms with Crippen molar-refractivity contribution in [3.05, 3.63) is 59.4 Å². The molecule has 146 valence electrons. The summed E-state index contributed by atoms with van der Waals surface area (Å²) in [6.07, 6.45) is 11.7. The van der Waals surface area contributed by atoms with Gasteiger partial charge in [-0.2, -0.15) is 0 Å². The molecule has 4 aliphatic rings. The Labute approximate surface area is 164 Å². The summed E-state index contributed by atoms with van der Waals surface area (Å²) in [6.45, 7) is 1.87. The molecule has 3 aliphatic carbocycles. The summed E-state index contributed by atoms with van der Waals surface area (Å²) in [5.74, 6) is 0.614. The summed E-state index contributed by atoms with van der Waals surface area (Å²) in [4.78, 5) is 12.3. The zero-order valence-corrected chi connectivity index (χ0v) is 15.9. The monoisotopic (exact) mass is 380 g/mol. The van der Waals surface area contributed by atoms with Gasteiger partial charge in [-0.05, 0) is 56.2 Å². The standard InChI is InChI=1S/C23H24O5/c1-2-3-4-7-18(25)27-17-10-12-23(26)15-6-5-11-22(23)19-14(13-15)8-9-16(24)20(19)28-21(17)22/h2-4,7-10,15,21,24,26H,5-6,11-13H2,1H3/b3-2+,7-4+/t15-,21+,22+,23-/m1/s1. The minimum Gasteiger partial charge on any atom is -0.504 e. The summed E-state index contributed by atoms with van der Waals surface area (Å²) in [7, 11) is 0. The number of aromatic hydroxyl groups is 1. The van der Waals surface area contributed by atoms with Crippen LogP contribution >= 0.6 is 0 Å². The fraction of sp³-hybridized carbons (Fsp3) is 0.435. The molecule has 2 bridgehead atoms. The predicted octanol–water partition coefficient (Wildman–Crippen LogP) is 3.44. The van der Waals surface area contributed by atoms with Gasteiger partial charge >= 0.3 is 5.97 Å². The number of benzene rings is 1. The van der Waals surface area contributed by atoms with Crippen LogP contribution in [0.15, 0.2) is 48.3 Å². The van der Waals surface area contributed by atoms with Crippen LogP contribution in [0.4, 0.5) is 0 Å². The number of carbonyl (C=O) groups is 1. The van der Waals surface area contributed by atoms with Crippen LogP contribution in [0.5, 0.6) is 11.5 Å².